The second kappa shape index (κ2) is 5.04. The molecule has 118 valence electrons. The van der Waals surface area contributed by atoms with E-state index in [0.29, 0.717) is 21.3 Å². The lowest BCUT2D eigenvalue weighted by atomic mass is 9.53. The summed E-state index contributed by atoms with van der Waals surface area (Å²) in [5.41, 5.74) is 6.56. The SMILES string of the molecule is Nc1c(Cl)cc(C(=O)NC23CC4CC(CC(C4)C2)C3)cc1Cl. The molecule has 0 aliphatic heterocycles. The third-order valence-electron chi connectivity index (χ3n) is 5.76. The molecule has 0 radical (unpaired) electrons. The highest BCUT2D eigenvalue weighted by Crippen LogP contribution is 2.55. The van der Waals surface area contributed by atoms with E-state index >= 15 is 0 Å². The van der Waals surface area contributed by atoms with E-state index in [4.69, 9.17) is 28.9 Å². The van der Waals surface area contributed by atoms with Crippen molar-refractivity contribution >= 4 is 34.8 Å². The van der Waals surface area contributed by atoms with Gasteiger partial charge in [-0.1, -0.05) is 23.2 Å². The number of nitrogens with one attached hydrogen (secondary N) is 1. The van der Waals surface area contributed by atoms with Gasteiger partial charge in [0.2, 0.25) is 0 Å². The van der Waals surface area contributed by atoms with Crippen LogP contribution < -0.4 is 11.1 Å². The van der Waals surface area contributed by atoms with Crippen LogP contribution in [0.1, 0.15) is 48.9 Å². The second-order valence-electron chi connectivity index (χ2n) is 7.51. The number of amides is 1. The van der Waals surface area contributed by atoms with Gasteiger partial charge in [0.15, 0.2) is 0 Å². The van der Waals surface area contributed by atoms with Gasteiger partial charge in [-0.25, -0.2) is 0 Å². The number of rotatable bonds is 2. The largest absolute Gasteiger partial charge is 0.396 e. The Balaban J connectivity index is 1.57. The zero-order valence-corrected chi connectivity index (χ0v) is 13.9. The van der Waals surface area contributed by atoms with Crippen molar-refractivity contribution in [1.82, 2.24) is 5.32 Å². The summed E-state index contributed by atoms with van der Waals surface area (Å²) in [6.45, 7) is 0. The molecule has 1 aromatic rings. The fraction of sp³-hybridized carbons (Fsp3) is 0.588. The van der Waals surface area contributed by atoms with Gasteiger partial charge in [0.05, 0.1) is 15.7 Å². The molecule has 4 aliphatic rings. The fourth-order valence-corrected chi connectivity index (χ4v) is 5.78. The summed E-state index contributed by atoms with van der Waals surface area (Å²) < 4.78 is 0. The summed E-state index contributed by atoms with van der Waals surface area (Å²) in [6, 6.07) is 3.22. The average Bonchev–Trinajstić information content (AvgIpc) is 2.42. The molecule has 5 heteroatoms. The highest BCUT2D eigenvalue weighted by molar-refractivity contribution is 6.39. The number of hydrogen-bond acceptors (Lipinski definition) is 2. The number of hydrogen-bond donors (Lipinski definition) is 2. The maximum atomic E-state index is 12.7. The van der Waals surface area contributed by atoms with Crippen LogP contribution in [0, 0.1) is 17.8 Å². The van der Waals surface area contributed by atoms with Crippen LogP contribution in [0.15, 0.2) is 12.1 Å². The van der Waals surface area contributed by atoms with Crippen LogP contribution in [0.25, 0.3) is 0 Å². The van der Waals surface area contributed by atoms with Crippen LogP contribution in [0.3, 0.4) is 0 Å². The first-order valence-corrected chi connectivity index (χ1v) is 8.77. The first-order chi connectivity index (χ1) is 10.4. The van der Waals surface area contributed by atoms with Gasteiger partial charge in [-0.15, -0.1) is 0 Å². The van der Waals surface area contributed by atoms with E-state index in [1.807, 2.05) is 0 Å². The molecule has 4 saturated carbocycles. The van der Waals surface area contributed by atoms with E-state index in [9.17, 15) is 4.79 Å². The van der Waals surface area contributed by atoms with Crippen molar-refractivity contribution in [1.29, 1.82) is 0 Å². The Bertz CT molecular complexity index is 585. The van der Waals surface area contributed by atoms with Gasteiger partial charge in [0.1, 0.15) is 0 Å². The van der Waals surface area contributed by atoms with Crippen LogP contribution in [-0.2, 0) is 0 Å². The monoisotopic (exact) mass is 338 g/mol. The number of benzene rings is 1. The van der Waals surface area contributed by atoms with E-state index in [1.54, 1.807) is 12.1 Å². The molecular weight excluding hydrogens is 319 g/mol. The first kappa shape index (κ1) is 14.6. The molecule has 4 fully saturated rings. The Morgan fingerprint density at radius 3 is 1.95 bits per heavy atom. The summed E-state index contributed by atoms with van der Waals surface area (Å²) in [4.78, 5) is 12.7. The zero-order chi connectivity index (χ0) is 15.5. The van der Waals surface area contributed by atoms with Crippen molar-refractivity contribution < 1.29 is 4.79 Å². The van der Waals surface area contributed by atoms with Gasteiger partial charge < -0.3 is 11.1 Å². The lowest BCUT2D eigenvalue weighted by Crippen LogP contribution is -2.59. The molecule has 0 spiro atoms. The second-order valence-corrected chi connectivity index (χ2v) is 8.32. The summed E-state index contributed by atoms with van der Waals surface area (Å²) in [7, 11) is 0. The van der Waals surface area contributed by atoms with Gasteiger partial charge in [-0.3, -0.25) is 4.79 Å². The standard InChI is InChI=1S/C17H20Cl2N2O/c18-13-4-12(5-14(19)15(13)20)16(22)21-17-6-9-1-10(7-17)3-11(2-9)8-17/h4-5,9-11H,1-3,6-8,20H2,(H,21,22). The van der Waals surface area contributed by atoms with E-state index in [0.717, 1.165) is 37.0 Å². The van der Waals surface area contributed by atoms with E-state index < -0.39 is 0 Å². The van der Waals surface area contributed by atoms with Crippen molar-refractivity contribution in [3.05, 3.63) is 27.7 Å². The fourth-order valence-electron chi connectivity index (χ4n) is 5.29. The van der Waals surface area contributed by atoms with Crippen molar-refractivity contribution in [3.8, 4) is 0 Å². The minimum atomic E-state index is -0.0780. The minimum Gasteiger partial charge on any atom is -0.396 e. The predicted molar refractivity (Wildman–Crippen MR) is 89.2 cm³/mol. The maximum absolute atomic E-state index is 12.7. The maximum Gasteiger partial charge on any atom is 0.251 e. The van der Waals surface area contributed by atoms with Gasteiger partial charge in [0, 0.05) is 11.1 Å². The first-order valence-electron chi connectivity index (χ1n) is 8.01. The predicted octanol–water partition coefficient (Wildman–Crippen LogP) is 4.27. The van der Waals surface area contributed by atoms with Gasteiger partial charge in [-0.2, -0.15) is 0 Å². The molecule has 0 atom stereocenters. The van der Waals surface area contributed by atoms with Crippen LogP contribution in [-0.4, -0.2) is 11.4 Å². The molecular formula is C17H20Cl2N2O. The molecule has 4 aliphatic carbocycles. The van der Waals surface area contributed by atoms with Crippen LogP contribution in [0.2, 0.25) is 10.0 Å². The minimum absolute atomic E-state index is 0.00777. The van der Waals surface area contributed by atoms with E-state index in [1.165, 1.54) is 19.3 Å². The average molecular weight is 339 g/mol. The zero-order valence-electron chi connectivity index (χ0n) is 12.4. The quantitative estimate of drug-likeness (QED) is 0.791. The Morgan fingerprint density at radius 1 is 1.05 bits per heavy atom. The van der Waals surface area contributed by atoms with Crippen molar-refractivity contribution in [2.24, 2.45) is 17.8 Å². The summed E-state index contributed by atoms with van der Waals surface area (Å²) in [5.74, 6) is 2.31. The Labute approximate surface area is 140 Å². The van der Waals surface area contributed by atoms with Crippen molar-refractivity contribution in [2.75, 3.05) is 5.73 Å². The molecule has 0 heterocycles. The van der Waals surface area contributed by atoms with Gasteiger partial charge >= 0.3 is 0 Å². The van der Waals surface area contributed by atoms with Crippen LogP contribution in [0.5, 0.6) is 0 Å². The molecule has 1 amide bonds. The molecule has 0 unspecified atom stereocenters. The molecule has 4 bridgehead atoms. The molecule has 1 aromatic carbocycles. The number of anilines is 1. The Morgan fingerprint density at radius 2 is 1.50 bits per heavy atom. The van der Waals surface area contributed by atoms with E-state index in [2.05, 4.69) is 5.32 Å². The number of carbonyl (C=O) groups is 1. The highest BCUT2D eigenvalue weighted by Gasteiger charge is 2.51. The van der Waals surface area contributed by atoms with Gasteiger partial charge in [0.25, 0.3) is 5.91 Å². The molecule has 0 saturated heterocycles. The smallest absolute Gasteiger partial charge is 0.251 e. The number of nitrogens with two attached hydrogens (primary N) is 1. The topological polar surface area (TPSA) is 55.1 Å². The molecule has 22 heavy (non-hydrogen) atoms. The van der Waals surface area contributed by atoms with Crippen LogP contribution in [0.4, 0.5) is 5.69 Å². The lowest BCUT2D eigenvalue weighted by molar-refractivity contribution is -0.0167. The normalized spacial score (nSPS) is 35.6. The molecule has 5 rings (SSSR count). The molecule has 0 aromatic heterocycles. The van der Waals surface area contributed by atoms with E-state index in [-0.39, 0.29) is 11.4 Å². The third-order valence-corrected chi connectivity index (χ3v) is 6.38. The lowest BCUT2D eigenvalue weighted by Gasteiger charge is -2.56. The number of nitrogen functional groups attached to an aromatic ring is 1. The molecule has 3 N–H and O–H groups in total. The van der Waals surface area contributed by atoms with Crippen LogP contribution >= 0.6 is 23.2 Å². The summed E-state index contributed by atoms with van der Waals surface area (Å²) in [6.07, 6.45) is 7.45. The third kappa shape index (κ3) is 2.39. The number of halogens is 2. The van der Waals surface area contributed by atoms with Crippen molar-refractivity contribution in [2.45, 2.75) is 44.1 Å². The molecule has 3 nitrogen and oxygen atoms in total. The summed E-state index contributed by atoms with van der Waals surface area (Å²) >= 11 is 12.1. The van der Waals surface area contributed by atoms with Gasteiger partial charge in [-0.05, 0) is 68.4 Å². The Kier molecular flexibility index (Phi) is 3.35. The number of carbonyl (C=O) groups excluding carboxylic acids is 1. The van der Waals surface area contributed by atoms with Crippen molar-refractivity contribution in [3.63, 3.8) is 0 Å². The highest BCUT2D eigenvalue weighted by atomic mass is 35.5. The summed E-state index contributed by atoms with van der Waals surface area (Å²) in [5, 5.41) is 3.99. The Hall–Kier alpha value is -0.930.